The fraction of sp³-hybridized carbons (Fsp3) is 0.429. The van der Waals surface area contributed by atoms with Gasteiger partial charge in [0, 0.05) is 6.54 Å². The maximum absolute atomic E-state index is 11.8. The number of nitrogens with two attached hydrogens (primary N) is 1. The highest BCUT2D eigenvalue weighted by Gasteiger charge is 2.22. The molecule has 1 unspecified atom stereocenters. The molecule has 1 aromatic carbocycles. The van der Waals surface area contributed by atoms with Crippen LogP contribution in [-0.2, 0) is 25.7 Å². The molecule has 2 N–H and O–H groups in total. The number of ether oxygens (including phenoxy) is 2. The number of hydrogen-bond acceptors (Lipinski definition) is 5. The Hall–Kier alpha value is -1.88. The number of benzene rings is 1. The molecule has 0 bridgehead atoms. The molecule has 0 heterocycles. The van der Waals surface area contributed by atoms with Crippen molar-refractivity contribution in [1.29, 1.82) is 0 Å². The summed E-state index contributed by atoms with van der Waals surface area (Å²) in [5.74, 6) is -1.56. The van der Waals surface area contributed by atoms with E-state index in [1.807, 2.05) is 30.3 Å². The summed E-state index contributed by atoms with van der Waals surface area (Å²) in [6.07, 6.45) is -0.0437. The second-order valence-electron chi connectivity index (χ2n) is 4.04. The average molecular weight is 265 g/mol. The van der Waals surface area contributed by atoms with E-state index in [-0.39, 0.29) is 26.2 Å². The smallest absolute Gasteiger partial charge is 0.311 e. The van der Waals surface area contributed by atoms with Gasteiger partial charge in [-0.05, 0) is 12.5 Å². The Labute approximate surface area is 112 Å². The second-order valence-corrected chi connectivity index (χ2v) is 4.04. The van der Waals surface area contributed by atoms with E-state index in [4.69, 9.17) is 15.2 Å². The minimum Gasteiger partial charge on any atom is -0.466 e. The third-order valence-corrected chi connectivity index (χ3v) is 2.56. The van der Waals surface area contributed by atoms with Crippen molar-refractivity contribution in [2.24, 2.45) is 11.7 Å². The number of rotatable bonds is 7. The Morgan fingerprint density at radius 3 is 2.47 bits per heavy atom. The lowest BCUT2D eigenvalue weighted by Crippen LogP contribution is -2.28. The molecule has 104 valence electrons. The molecule has 1 aromatic rings. The summed E-state index contributed by atoms with van der Waals surface area (Å²) in [6, 6.07) is 9.32. The summed E-state index contributed by atoms with van der Waals surface area (Å²) < 4.78 is 9.92. The molecule has 0 aliphatic heterocycles. The Morgan fingerprint density at radius 2 is 1.89 bits per heavy atom. The van der Waals surface area contributed by atoms with Crippen molar-refractivity contribution in [2.45, 2.75) is 20.0 Å². The average Bonchev–Trinajstić information content (AvgIpc) is 2.43. The first-order valence-electron chi connectivity index (χ1n) is 6.23. The lowest BCUT2D eigenvalue weighted by atomic mass is 10.1. The molecule has 1 rings (SSSR count). The van der Waals surface area contributed by atoms with Crippen LogP contribution in [0.2, 0.25) is 0 Å². The zero-order valence-corrected chi connectivity index (χ0v) is 11.0. The fourth-order valence-electron chi connectivity index (χ4n) is 1.53. The van der Waals surface area contributed by atoms with Gasteiger partial charge in [0.1, 0.15) is 6.61 Å². The molecule has 5 nitrogen and oxygen atoms in total. The van der Waals surface area contributed by atoms with Crippen LogP contribution in [-0.4, -0.2) is 25.1 Å². The zero-order chi connectivity index (χ0) is 14.1. The first kappa shape index (κ1) is 15.2. The highest BCUT2D eigenvalue weighted by atomic mass is 16.5. The number of carbonyl (C=O) groups is 2. The van der Waals surface area contributed by atoms with Crippen molar-refractivity contribution < 1.29 is 19.1 Å². The Morgan fingerprint density at radius 1 is 1.21 bits per heavy atom. The number of hydrogen-bond donors (Lipinski definition) is 1. The van der Waals surface area contributed by atoms with Crippen molar-refractivity contribution in [3.63, 3.8) is 0 Å². The predicted molar refractivity (Wildman–Crippen MR) is 70.0 cm³/mol. The van der Waals surface area contributed by atoms with Crippen LogP contribution in [0.3, 0.4) is 0 Å². The SMILES string of the molecule is CCOC(=O)CC(CN)C(=O)OCc1ccccc1. The van der Waals surface area contributed by atoms with Crippen LogP contribution < -0.4 is 5.73 Å². The minimum absolute atomic E-state index is 0.0437. The van der Waals surface area contributed by atoms with Crippen LogP contribution in [0.5, 0.6) is 0 Å². The summed E-state index contributed by atoms with van der Waals surface area (Å²) >= 11 is 0. The van der Waals surface area contributed by atoms with Crippen molar-refractivity contribution in [3.8, 4) is 0 Å². The van der Waals surface area contributed by atoms with Crippen molar-refractivity contribution in [2.75, 3.05) is 13.2 Å². The Kier molecular flexibility index (Phi) is 6.60. The lowest BCUT2D eigenvalue weighted by molar-refractivity contribution is -0.155. The van der Waals surface area contributed by atoms with Crippen LogP contribution in [0.1, 0.15) is 18.9 Å². The van der Waals surface area contributed by atoms with E-state index in [9.17, 15) is 9.59 Å². The van der Waals surface area contributed by atoms with Crippen molar-refractivity contribution in [3.05, 3.63) is 35.9 Å². The molecule has 0 spiro atoms. The van der Waals surface area contributed by atoms with E-state index in [0.717, 1.165) is 5.56 Å². The first-order valence-corrected chi connectivity index (χ1v) is 6.23. The van der Waals surface area contributed by atoms with Crippen LogP contribution in [0, 0.1) is 5.92 Å². The molecular weight excluding hydrogens is 246 g/mol. The molecule has 0 saturated carbocycles. The summed E-state index contributed by atoms with van der Waals surface area (Å²) in [5, 5.41) is 0. The Balaban J connectivity index is 2.43. The first-order chi connectivity index (χ1) is 9.17. The van der Waals surface area contributed by atoms with Crippen molar-refractivity contribution in [1.82, 2.24) is 0 Å². The van der Waals surface area contributed by atoms with Crippen LogP contribution in [0.4, 0.5) is 0 Å². The molecule has 0 saturated heterocycles. The third-order valence-electron chi connectivity index (χ3n) is 2.56. The minimum atomic E-state index is -0.650. The van der Waals surface area contributed by atoms with Gasteiger partial charge in [-0.1, -0.05) is 30.3 Å². The van der Waals surface area contributed by atoms with E-state index >= 15 is 0 Å². The van der Waals surface area contributed by atoms with Gasteiger partial charge in [0.15, 0.2) is 0 Å². The normalized spacial score (nSPS) is 11.7. The molecule has 0 aliphatic carbocycles. The third kappa shape index (κ3) is 5.52. The Bertz CT molecular complexity index is 405. The molecule has 5 heteroatoms. The van der Waals surface area contributed by atoms with Gasteiger partial charge >= 0.3 is 11.9 Å². The van der Waals surface area contributed by atoms with E-state index < -0.39 is 17.9 Å². The van der Waals surface area contributed by atoms with E-state index in [0.29, 0.717) is 0 Å². The van der Waals surface area contributed by atoms with Crippen LogP contribution >= 0.6 is 0 Å². The quantitative estimate of drug-likeness (QED) is 0.751. The van der Waals surface area contributed by atoms with Gasteiger partial charge < -0.3 is 15.2 Å². The summed E-state index contributed by atoms with van der Waals surface area (Å²) in [4.78, 5) is 23.1. The molecule has 0 aromatic heterocycles. The van der Waals surface area contributed by atoms with Crippen LogP contribution in [0.25, 0.3) is 0 Å². The van der Waals surface area contributed by atoms with Gasteiger partial charge in [0.05, 0.1) is 18.9 Å². The van der Waals surface area contributed by atoms with Gasteiger partial charge in [0.2, 0.25) is 0 Å². The maximum atomic E-state index is 11.8. The molecule has 0 radical (unpaired) electrons. The van der Waals surface area contributed by atoms with Gasteiger partial charge in [-0.15, -0.1) is 0 Å². The topological polar surface area (TPSA) is 78.6 Å². The zero-order valence-electron chi connectivity index (χ0n) is 11.0. The number of esters is 2. The second kappa shape index (κ2) is 8.26. The van der Waals surface area contributed by atoms with Crippen molar-refractivity contribution >= 4 is 11.9 Å². The van der Waals surface area contributed by atoms with Gasteiger partial charge in [0.25, 0.3) is 0 Å². The summed E-state index contributed by atoms with van der Waals surface area (Å²) in [6.45, 7) is 2.24. The van der Waals surface area contributed by atoms with Gasteiger partial charge in [-0.25, -0.2) is 0 Å². The van der Waals surface area contributed by atoms with E-state index in [1.54, 1.807) is 6.92 Å². The lowest BCUT2D eigenvalue weighted by Gasteiger charge is -2.13. The van der Waals surface area contributed by atoms with E-state index in [2.05, 4.69) is 0 Å². The van der Waals surface area contributed by atoms with Crippen LogP contribution in [0.15, 0.2) is 30.3 Å². The summed E-state index contributed by atoms with van der Waals surface area (Å²) in [5.41, 5.74) is 6.37. The highest BCUT2D eigenvalue weighted by molar-refractivity contribution is 5.80. The molecule has 0 amide bonds. The maximum Gasteiger partial charge on any atom is 0.311 e. The number of carbonyl (C=O) groups excluding carboxylic acids is 2. The largest absolute Gasteiger partial charge is 0.466 e. The summed E-state index contributed by atoms with van der Waals surface area (Å²) in [7, 11) is 0. The standard InChI is InChI=1S/C14H19NO4/c1-2-18-13(16)8-12(9-15)14(17)19-10-11-6-4-3-5-7-11/h3-7,12H,2,8-10,15H2,1H3. The van der Waals surface area contributed by atoms with Gasteiger partial charge in [-0.3, -0.25) is 9.59 Å². The molecule has 19 heavy (non-hydrogen) atoms. The predicted octanol–water partition coefficient (Wildman–Crippen LogP) is 1.26. The highest BCUT2D eigenvalue weighted by Crippen LogP contribution is 2.08. The fourth-order valence-corrected chi connectivity index (χ4v) is 1.53. The van der Waals surface area contributed by atoms with E-state index in [1.165, 1.54) is 0 Å². The molecule has 1 atom stereocenters. The monoisotopic (exact) mass is 265 g/mol. The van der Waals surface area contributed by atoms with Gasteiger partial charge in [-0.2, -0.15) is 0 Å². The molecule has 0 fully saturated rings. The molecule has 0 aliphatic rings. The molecular formula is C14H19NO4.